The maximum absolute atomic E-state index is 12.8. The highest BCUT2D eigenvalue weighted by molar-refractivity contribution is 5.92. The van der Waals surface area contributed by atoms with Crippen molar-refractivity contribution >= 4 is 29.3 Å². The van der Waals surface area contributed by atoms with Crippen molar-refractivity contribution in [3.8, 4) is 11.1 Å². The summed E-state index contributed by atoms with van der Waals surface area (Å²) < 4.78 is 11.3. The Kier molecular flexibility index (Phi) is 13.4. The number of esters is 1. The van der Waals surface area contributed by atoms with Crippen LogP contribution in [0, 0.1) is 0 Å². The lowest BCUT2D eigenvalue weighted by molar-refractivity contribution is -0.130. The summed E-state index contributed by atoms with van der Waals surface area (Å²) in [5.41, 5.74) is 3.70. The Labute approximate surface area is 286 Å². The van der Waals surface area contributed by atoms with E-state index in [9.17, 15) is 14.4 Å². The molecule has 9 nitrogen and oxygen atoms in total. The van der Waals surface area contributed by atoms with E-state index in [1.807, 2.05) is 113 Å². The third-order valence-electron chi connectivity index (χ3n) is 8.54. The maximum atomic E-state index is 12.8. The number of unbranched alkanes of at least 4 members (excludes halogenated alkanes) is 2. The van der Waals surface area contributed by atoms with Crippen LogP contribution in [0.15, 0.2) is 78.9 Å². The van der Waals surface area contributed by atoms with Crippen LogP contribution >= 0.6 is 0 Å². The number of ether oxygens (including phenoxy) is 2. The number of hydrogen-bond donors (Lipinski definition) is 1. The molecule has 1 saturated heterocycles. The highest BCUT2D eigenvalue weighted by Gasteiger charge is 2.23. The van der Waals surface area contributed by atoms with E-state index in [-0.39, 0.29) is 18.0 Å². The van der Waals surface area contributed by atoms with Crippen LogP contribution in [0.3, 0.4) is 0 Å². The first-order valence-corrected chi connectivity index (χ1v) is 17.1. The van der Waals surface area contributed by atoms with Crippen molar-refractivity contribution in [1.29, 1.82) is 0 Å². The first-order valence-electron chi connectivity index (χ1n) is 17.1. The second kappa shape index (κ2) is 17.7. The smallest absolute Gasteiger partial charge is 0.411 e. The highest BCUT2D eigenvalue weighted by Crippen LogP contribution is 2.28. The Balaban J connectivity index is 1.08. The lowest BCUT2D eigenvalue weighted by Crippen LogP contribution is -2.42. The van der Waals surface area contributed by atoms with Gasteiger partial charge in [0.1, 0.15) is 11.7 Å². The molecule has 48 heavy (non-hydrogen) atoms. The number of rotatable bonds is 14. The molecule has 0 spiro atoms. The van der Waals surface area contributed by atoms with Crippen LogP contribution in [0.4, 0.5) is 16.2 Å². The number of nitrogens with zero attached hydrogens (tertiary/aromatic N) is 3. The molecule has 3 aromatic carbocycles. The number of benzene rings is 3. The van der Waals surface area contributed by atoms with Gasteiger partial charge in [-0.1, -0.05) is 61.0 Å². The van der Waals surface area contributed by atoms with E-state index in [0.29, 0.717) is 18.5 Å². The molecular formula is C39H52N4O5. The molecule has 0 saturated carbocycles. The molecule has 0 unspecified atom stereocenters. The van der Waals surface area contributed by atoms with Gasteiger partial charge in [0.15, 0.2) is 0 Å². The first-order chi connectivity index (χ1) is 23.0. The summed E-state index contributed by atoms with van der Waals surface area (Å²) in [5.74, 6) is -0.153. The van der Waals surface area contributed by atoms with Gasteiger partial charge >= 0.3 is 12.1 Å². The number of amides is 2. The van der Waals surface area contributed by atoms with Gasteiger partial charge in [0.25, 0.3) is 0 Å². The van der Waals surface area contributed by atoms with E-state index < -0.39 is 11.7 Å². The van der Waals surface area contributed by atoms with E-state index in [1.54, 1.807) is 6.07 Å². The summed E-state index contributed by atoms with van der Waals surface area (Å²) in [7, 11) is 3.89. The molecular weight excluding hydrogens is 604 g/mol. The van der Waals surface area contributed by atoms with Crippen LogP contribution in [0.2, 0.25) is 0 Å². The van der Waals surface area contributed by atoms with Gasteiger partial charge in [-0.05, 0) is 76.3 Å². The second-order valence-electron chi connectivity index (χ2n) is 13.6. The fraction of sp³-hybridized carbons (Fsp3) is 0.462. The summed E-state index contributed by atoms with van der Waals surface area (Å²) in [6, 6.07) is 25.2. The number of anilines is 2. The summed E-state index contributed by atoms with van der Waals surface area (Å²) in [6.07, 6.45) is 4.27. The minimum atomic E-state index is -0.532. The number of piperidine rings is 1. The monoisotopic (exact) mass is 656 g/mol. The molecule has 258 valence electrons. The van der Waals surface area contributed by atoms with Gasteiger partial charge in [-0.25, -0.2) is 9.59 Å². The third-order valence-corrected chi connectivity index (χ3v) is 8.54. The van der Waals surface area contributed by atoms with E-state index in [2.05, 4.69) is 15.1 Å². The Bertz CT molecular complexity index is 1480. The van der Waals surface area contributed by atoms with Crippen molar-refractivity contribution in [1.82, 2.24) is 9.80 Å². The maximum Gasteiger partial charge on any atom is 0.411 e. The van der Waals surface area contributed by atoms with Crippen molar-refractivity contribution < 1.29 is 23.9 Å². The molecule has 1 N–H and O–H groups in total. The van der Waals surface area contributed by atoms with Gasteiger partial charge in [0.2, 0.25) is 5.91 Å². The molecule has 0 aliphatic carbocycles. The number of hydrogen-bond acceptors (Lipinski definition) is 7. The van der Waals surface area contributed by atoms with Gasteiger partial charge < -0.3 is 24.2 Å². The highest BCUT2D eigenvalue weighted by atomic mass is 16.6. The largest absolute Gasteiger partial charge is 0.456 e. The lowest BCUT2D eigenvalue weighted by Gasteiger charge is -2.32. The second-order valence-corrected chi connectivity index (χ2v) is 13.6. The number of carbonyl (C=O) groups is 3. The zero-order valence-corrected chi connectivity index (χ0v) is 29.2. The predicted octanol–water partition coefficient (Wildman–Crippen LogP) is 7.48. The van der Waals surface area contributed by atoms with Crippen molar-refractivity contribution in [3.05, 3.63) is 84.4 Å². The molecule has 0 aromatic heterocycles. The van der Waals surface area contributed by atoms with Gasteiger partial charge in [0, 0.05) is 64.5 Å². The summed E-state index contributed by atoms with van der Waals surface area (Å²) in [5, 5.41) is 2.93. The standard InChI is InChI=1S/C39H52N4O5/c1-39(2,3)48-37(45)31-17-14-18-32(29-31)41(4)24-13-7-10-21-36(44)42(5)27-28-43-25-22-33(23-26-43)47-38(46)40-35-20-12-11-19-34(35)30-15-8-6-9-16-30/h6,8-9,11-12,14-20,29,33H,7,10,13,21-28H2,1-5H3,(H,40,46). The SMILES string of the molecule is CN(CCN1CCC(OC(=O)Nc2ccccc2-c2ccccc2)CC1)C(=O)CCCCCN(C)c1cccc(C(=O)OC(C)(C)C)c1. The Hall–Kier alpha value is -4.37. The van der Waals surface area contributed by atoms with E-state index in [4.69, 9.17) is 9.47 Å². The summed E-state index contributed by atoms with van der Waals surface area (Å²) in [6.45, 7) is 9.57. The van der Waals surface area contributed by atoms with Crippen molar-refractivity contribution in [2.75, 3.05) is 57.0 Å². The molecule has 0 radical (unpaired) electrons. The average Bonchev–Trinajstić information content (AvgIpc) is 3.07. The summed E-state index contributed by atoms with van der Waals surface area (Å²) in [4.78, 5) is 44.2. The zero-order valence-electron chi connectivity index (χ0n) is 29.2. The molecule has 1 aliphatic heterocycles. The number of likely N-dealkylation sites (tertiary alicyclic amines) is 1. The van der Waals surface area contributed by atoms with Gasteiger partial charge in [-0.15, -0.1) is 0 Å². The van der Waals surface area contributed by atoms with Gasteiger partial charge in [0.05, 0.1) is 11.3 Å². The Morgan fingerprint density at radius 2 is 1.56 bits per heavy atom. The van der Waals surface area contributed by atoms with Crippen molar-refractivity contribution in [3.63, 3.8) is 0 Å². The van der Waals surface area contributed by atoms with E-state index >= 15 is 0 Å². The van der Waals surface area contributed by atoms with Crippen LogP contribution < -0.4 is 10.2 Å². The molecule has 0 bridgehead atoms. The Morgan fingerprint density at radius 3 is 2.29 bits per heavy atom. The van der Waals surface area contributed by atoms with Crippen LogP contribution in [-0.4, -0.2) is 86.3 Å². The molecule has 1 aliphatic rings. The predicted molar refractivity (Wildman–Crippen MR) is 192 cm³/mol. The van der Waals surface area contributed by atoms with Crippen LogP contribution in [-0.2, 0) is 14.3 Å². The minimum Gasteiger partial charge on any atom is -0.456 e. The topological polar surface area (TPSA) is 91.4 Å². The summed E-state index contributed by atoms with van der Waals surface area (Å²) >= 11 is 0. The fourth-order valence-corrected chi connectivity index (χ4v) is 5.75. The quantitative estimate of drug-likeness (QED) is 0.142. The molecule has 3 aromatic rings. The molecule has 1 fully saturated rings. The Morgan fingerprint density at radius 1 is 0.854 bits per heavy atom. The number of nitrogens with one attached hydrogen (secondary N) is 1. The minimum absolute atomic E-state index is 0.127. The number of para-hydroxylation sites is 1. The molecule has 1 heterocycles. The van der Waals surface area contributed by atoms with E-state index in [0.717, 1.165) is 80.8 Å². The molecule has 2 amide bonds. The van der Waals surface area contributed by atoms with Crippen LogP contribution in [0.1, 0.15) is 69.7 Å². The van der Waals surface area contributed by atoms with Crippen LogP contribution in [0.5, 0.6) is 0 Å². The fourth-order valence-electron chi connectivity index (χ4n) is 5.75. The lowest BCUT2D eigenvalue weighted by atomic mass is 10.0. The molecule has 4 rings (SSSR count). The molecule has 0 atom stereocenters. The number of carbonyl (C=O) groups excluding carboxylic acids is 3. The average molecular weight is 657 g/mol. The van der Waals surface area contributed by atoms with Crippen molar-refractivity contribution in [2.24, 2.45) is 0 Å². The number of likely N-dealkylation sites (N-methyl/N-ethyl adjacent to an activating group) is 1. The van der Waals surface area contributed by atoms with Gasteiger partial charge in [-0.2, -0.15) is 0 Å². The van der Waals surface area contributed by atoms with Gasteiger partial charge in [-0.3, -0.25) is 10.1 Å². The normalized spacial score (nSPS) is 13.9. The van der Waals surface area contributed by atoms with Crippen LogP contribution in [0.25, 0.3) is 11.1 Å². The third kappa shape index (κ3) is 11.7. The first kappa shape index (κ1) is 36.5. The van der Waals surface area contributed by atoms with E-state index in [1.165, 1.54) is 0 Å². The van der Waals surface area contributed by atoms with Crippen molar-refractivity contribution in [2.45, 2.75) is 71.0 Å². The zero-order chi connectivity index (χ0) is 34.5. The molecule has 9 heteroatoms.